The highest BCUT2D eigenvalue weighted by atomic mass is 16.5. The maximum Gasteiger partial charge on any atom is 0.307 e. The number of likely N-dealkylation sites (N-methyl/N-ethyl adjacent to an activating group) is 2. The number of hydrogen-bond acceptors (Lipinski definition) is 8. The molecule has 1 saturated heterocycles. The Morgan fingerprint density at radius 2 is 1.56 bits per heavy atom. The zero-order valence-corrected chi connectivity index (χ0v) is 33.6. The van der Waals surface area contributed by atoms with E-state index in [4.69, 9.17) is 9.47 Å². The first-order valence-corrected chi connectivity index (χ1v) is 19.1. The van der Waals surface area contributed by atoms with Crippen LogP contribution < -0.4 is 5.32 Å². The fourth-order valence-corrected chi connectivity index (χ4v) is 7.99. The van der Waals surface area contributed by atoms with Crippen molar-refractivity contribution in [1.29, 1.82) is 0 Å². The minimum Gasteiger partial charge on any atom is -0.481 e. The van der Waals surface area contributed by atoms with Gasteiger partial charge >= 0.3 is 5.97 Å². The van der Waals surface area contributed by atoms with Crippen molar-refractivity contribution in [1.82, 2.24) is 15.1 Å². The quantitative estimate of drug-likeness (QED) is 0.154. The monoisotopic (exact) mass is 729 g/mol. The Kier molecular flexibility index (Phi) is 18.6. The second-order valence-corrected chi connectivity index (χ2v) is 15.5. The Bertz CT molecular complexity index is 1300. The molecule has 1 aliphatic heterocycles. The van der Waals surface area contributed by atoms with E-state index in [1.807, 2.05) is 71.9 Å². The molecule has 9 atom stereocenters. The first kappa shape index (κ1) is 45.0. The highest BCUT2D eigenvalue weighted by Gasteiger charge is 2.43. The lowest BCUT2D eigenvalue weighted by atomic mass is 9.84. The molecule has 52 heavy (non-hydrogen) atoms. The highest BCUT2D eigenvalue weighted by Crippen LogP contribution is 2.31. The third-order valence-electron chi connectivity index (χ3n) is 11.3. The van der Waals surface area contributed by atoms with E-state index >= 15 is 0 Å². The number of hydrogen-bond donors (Lipinski definition) is 2. The largest absolute Gasteiger partial charge is 0.481 e. The molecule has 1 fully saturated rings. The van der Waals surface area contributed by atoms with Crippen LogP contribution >= 0.6 is 0 Å². The van der Waals surface area contributed by atoms with Crippen LogP contribution in [0.2, 0.25) is 0 Å². The van der Waals surface area contributed by atoms with Gasteiger partial charge in [0.15, 0.2) is 5.78 Å². The van der Waals surface area contributed by atoms with Gasteiger partial charge in [-0.15, -0.1) is 0 Å². The van der Waals surface area contributed by atoms with Crippen LogP contribution in [-0.4, -0.2) is 109 Å². The van der Waals surface area contributed by atoms with Gasteiger partial charge < -0.3 is 29.7 Å². The number of rotatable bonds is 23. The van der Waals surface area contributed by atoms with Gasteiger partial charge in [-0.2, -0.15) is 0 Å². The molecule has 1 aromatic rings. The van der Waals surface area contributed by atoms with Crippen LogP contribution in [0, 0.1) is 35.5 Å². The number of carbonyl (C=O) groups is 5. The van der Waals surface area contributed by atoms with E-state index in [-0.39, 0.29) is 78.9 Å². The van der Waals surface area contributed by atoms with Crippen molar-refractivity contribution in [3.63, 3.8) is 0 Å². The fourth-order valence-electron chi connectivity index (χ4n) is 7.99. The minimum absolute atomic E-state index is 0.00617. The van der Waals surface area contributed by atoms with Crippen LogP contribution in [0.15, 0.2) is 30.3 Å². The molecular weight excluding hydrogens is 662 g/mol. The molecule has 0 bridgehead atoms. The van der Waals surface area contributed by atoms with Gasteiger partial charge in [-0.05, 0) is 49.6 Å². The number of carboxylic acids is 1. The second-order valence-electron chi connectivity index (χ2n) is 15.5. The number of benzene rings is 1. The van der Waals surface area contributed by atoms with Crippen LogP contribution in [0.25, 0.3) is 0 Å². The summed E-state index contributed by atoms with van der Waals surface area (Å²) in [6, 6.07) is 8.13. The fraction of sp³-hybridized carbons (Fsp3) is 0.732. The SMILES string of the molecule is CC[C@H](C)[C@@H]([C@@H](CC(=O)N1CCC[C@H]1[C@H](OC)[C@@H](C)C(=O)C[C@H](Cc1ccccc1)C(=O)O)OC)N(C)C(=O)[C@@H](CC(=O)[C@@H](NC)C(C)C)C(C)C. The number of nitrogens with one attached hydrogen (secondary N) is 1. The van der Waals surface area contributed by atoms with Gasteiger partial charge in [0.25, 0.3) is 0 Å². The summed E-state index contributed by atoms with van der Waals surface area (Å²) in [7, 11) is 6.61. The van der Waals surface area contributed by atoms with Gasteiger partial charge in [-0.1, -0.05) is 85.2 Å². The molecule has 2 amide bonds. The van der Waals surface area contributed by atoms with Gasteiger partial charge in [0.1, 0.15) is 5.78 Å². The lowest BCUT2D eigenvalue weighted by molar-refractivity contribution is -0.149. The van der Waals surface area contributed by atoms with Crippen molar-refractivity contribution in [2.75, 3.05) is 34.9 Å². The Morgan fingerprint density at radius 1 is 0.923 bits per heavy atom. The number of ketones is 2. The van der Waals surface area contributed by atoms with E-state index in [1.54, 1.807) is 37.9 Å². The van der Waals surface area contributed by atoms with E-state index in [1.165, 1.54) is 7.11 Å². The number of ether oxygens (including phenoxy) is 2. The highest BCUT2D eigenvalue weighted by molar-refractivity contribution is 5.90. The third-order valence-corrected chi connectivity index (χ3v) is 11.3. The van der Waals surface area contributed by atoms with Gasteiger partial charge in [0, 0.05) is 52.5 Å². The number of carboxylic acid groups (broad SMARTS) is 1. The summed E-state index contributed by atoms with van der Waals surface area (Å²) in [5.74, 6) is -3.54. The molecule has 1 heterocycles. The van der Waals surface area contributed by atoms with Gasteiger partial charge in [0.2, 0.25) is 11.8 Å². The lowest BCUT2D eigenvalue weighted by Gasteiger charge is -2.41. The van der Waals surface area contributed by atoms with Crippen LogP contribution in [0.1, 0.15) is 92.6 Å². The molecule has 0 unspecified atom stereocenters. The van der Waals surface area contributed by atoms with Crippen molar-refractivity contribution in [3.05, 3.63) is 35.9 Å². The molecule has 0 aliphatic carbocycles. The number of carbonyl (C=O) groups excluding carboxylic acids is 4. The molecule has 0 radical (unpaired) electrons. The minimum atomic E-state index is -1.02. The summed E-state index contributed by atoms with van der Waals surface area (Å²) in [5.41, 5.74) is 0.851. The molecule has 294 valence electrons. The molecule has 11 heteroatoms. The molecule has 0 aromatic heterocycles. The van der Waals surface area contributed by atoms with Gasteiger partial charge in [-0.3, -0.25) is 24.0 Å². The standard InChI is InChI=1S/C41H67N3O8/c1-12-27(6)38(43(9)40(48)31(25(2)3)23-34(46)37(42-8)26(4)5)35(51-10)24-36(47)44-20-16-19-32(44)39(52-11)28(7)33(45)22-30(41(49)50)21-29-17-14-13-15-18-29/h13-15,17-18,25-28,30-32,35,37-39,42H,12,16,19-24H2,1-11H3,(H,49,50)/t27-,28-,30-,31-,32-,35+,37-,38-,39+/m0/s1. The van der Waals surface area contributed by atoms with Crippen molar-refractivity contribution < 1.29 is 38.6 Å². The summed E-state index contributed by atoms with van der Waals surface area (Å²) in [4.78, 5) is 70.8. The van der Waals surface area contributed by atoms with E-state index < -0.39 is 42.0 Å². The molecular formula is C41H67N3O8. The van der Waals surface area contributed by atoms with Crippen LogP contribution in [0.5, 0.6) is 0 Å². The number of aliphatic carboxylic acids is 1. The number of methoxy groups -OCH3 is 2. The summed E-state index contributed by atoms with van der Waals surface area (Å²) in [5, 5.41) is 13.0. The Hall–Kier alpha value is -3.15. The molecule has 2 rings (SSSR count). The third kappa shape index (κ3) is 11.9. The Balaban J connectivity index is 2.26. The molecule has 2 N–H and O–H groups in total. The molecule has 1 aromatic carbocycles. The number of Topliss-reactive ketones (excluding diaryl/α,β-unsaturated/α-hetero) is 2. The summed E-state index contributed by atoms with van der Waals surface area (Å²) in [6.07, 6.45) is 1.16. The number of nitrogens with zero attached hydrogens (tertiary/aromatic N) is 2. The topological polar surface area (TPSA) is 143 Å². The Labute approximate surface area is 312 Å². The number of likely N-dealkylation sites (tertiary alicyclic amines) is 1. The molecule has 1 aliphatic rings. The van der Waals surface area contributed by atoms with E-state index in [2.05, 4.69) is 5.32 Å². The predicted molar refractivity (Wildman–Crippen MR) is 203 cm³/mol. The van der Waals surface area contributed by atoms with Crippen molar-refractivity contribution in [2.24, 2.45) is 35.5 Å². The normalized spacial score (nSPS) is 19.4. The second kappa shape index (κ2) is 21.5. The predicted octanol–water partition coefficient (Wildman–Crippen LogP) is 5.28. The average molecular weight is 730 g/mol. The van der Waals surface area contributed by atoms with Crippen LogP contribution in [-0.2, 0) is 39.9 Å². The zero-order chi connectivity index (χ0) is 39.3. The lowest BCUT2D eigenvalue weighted by Crippen LogP contribution is -2.54. The van der Waals surface area contributed by atoms with E-state index in [9.17, 15) is 29.1 Å². The van der Waals surface area contributed by atoms with Crippen LogP contribution in [0.3, 0.4) is 0 Å². The smallest absolute Gasteiger partial charge is 0.307 e. The van der Waals surface area contributed by atoms with E-state index in [0.717, 1.165) is 18.4 Å². The summed E-state index contributed by atoms with van der Waals surface area (Å²) < 4.78 is 11.9. The maximum absolute atomic E-state index is 14.2. The number of amides is 2. The summed E-state index contributed by atoms with van der Waals surface area (Å²) in [6.45, 7) is 14.2. The van der Waals surface area contributed by atoms with Gasteiger partial charge in [-0.25, -0.2) is 0 Å². The molecule has 0 saturated carbocycles. The first-order chi connectivity index (χ1) is 24.5. The van der Waals surface area contributed by atoms with Crippen LogP contribution in [0.4, 0.5) is 0 Å². The molecule has 0 spiro atoms. The van der Waals surface area contributed by atoms with Crippen molar-refractivity contribution >= 4 is 29.4 Å². The van der Waals surface area contributed by atoms with E-state index in [0.29, 0.717) is 13.0 Å². The van der Waals surface area contributed by atoms with Crippen molar-refractivity contribution in [2.45, 2.75) is 124 Å². The molecule has 11 nitrogen and oxygen atoms in total. The zero-order valence-electron chi connectivity index (χ0n) is 33.6. The van der Waals surface area contributed by atoms with Gasteiger partial charge in [0.05, 0.1) is 42.7 Å². The Morgan fingerprint density at radius 3 is 2.06 bits per heavy atom. The average Bonchev–Trinajstić information content (AvgIpc) is 3.59. The first-order valence-electron chi connectivity index (χ1n) is 19.1. The maximum atomic E-state index is 14.2. The summed E-state index contributed by atoms with van der Waals surface area (Å²) >= 11 is 0. The van der Waals surface area contributed by atoms with Crippen molar-refractivity contribution in [3.8, 4) is 0 Å².